The van der Waals surface area contributed by atoms with E-state index in [4.69, 9.17) is 17.2 Å². The van der Waals surface area contributed by atoms with Crippen LogP contribution in [0.15, 0.2) is 60.7 Å². The third-order valence-corrected chi connectivity index (χ3v) is 4.23. The first-order chi connectivity index (χ1) is 14.9. The van der Waals surface area contributed by atoms with Crippen molar-refractivity contribution in [2.45, 2.75) is 13.1 Å². The lowest BCUT2D eigenvalue weighted by atomic mass is 10.1. The molecule has 3 aromatic rings. The number of alkyl halides is 3. The van der Waals surface area contributed by atoms with E-state index >= 15 is 0 Å². The Morgan fingerprint density at radius 2 is 1.47 bits per heavy atom. The summed E-state index contributed by atoms with van der Waals surface area (Å²) in [5, 5.41) is 2.66. The van der Waals surface area contributed by atoms with Gasteiger partial charge in [0.15, 0.2) is 0 Å². The monoisotopic (exact) mass is 448 g/mol. The summed E-state index contributed by atoms with van der Waals surface area (Å²) in [7, 11) is 0. The number of hydrogen-bond donors (Lipinski definition) is 4. The minimum atomic E-state index is -4.63. The van der Waals surface area contributed by atoms with Crippen molar-refractivity contribution in [3.05, 3.63) is 88.7 Å². The predicted molar refractivity (Wildman–Crippen MR) is 114 cm³/mol. The molecule has 2 amide bonds. The van der Waals surface area contributed by atoms with Gasteiger partial charge in [-0.15, -0.1) is 0 Å². The summed E-state index contributed by atoms with van der Waals surface area (Å²) in [5.41, 5.74) is 15.9. The molecule has 0 spiro atoms. The van der Waals surface area contributed by atoms with Crippen LogP contribution in [0.2, 0.25) is 0 Å². The molecule has 3 aromatic carbocycles. The average Bonchev–Trinajstić information content (AvgIpc) is 2.70. The molecule has 0 aromatic heterocycles. The van der Waals surface area contributed by atoms with E-state index in [0.29, 0.717) is 17.4 Å². The standard InChI is InChI=1S/C14H13FN2O.C8H7F3N2O/c1-9-8-10(16)6-7-13(9)17-14(18)11-4-2-3-5-12(11)15;9-8(10,11)6-3-4(12)1-2-5(6)7(13)14/h2-8H,16H2,1H3,(H,17,18);1-3H,12H2,(H2,13,14). The highest BCUT2D eigenvalue weighted by atomic mass is 19.4. The van der Waals surface area contributed by atoms with Gasteiger partial charge in [-0.25, -0.2) is 4.39 Å². The number of nitrogen functional groups attached to an aromatic ring is 2. The third kappa shape index (κ3) is 6.21. The molecule has 0 saturated heterocycles. The Bertz CT molecular complexity index is 1150. The van der Waals surface area contributed by atoms with Gasteiger partial charge in [0.1, 0.15) is 5.82 Å². The van der Waals surface area contributed by atoms with E-state index in [9.17, 15) is 27.2 Å². The van der Waals surface area contributed by atoms with Gasteiger partial charge in [0.2, 0.25) is 5.91 Å². The number of aryl methyl sites for hydroxylation is 1. The Kier molecular flexibility index (Phi) is 7.42. The Morgan fingerprint density at radius 3 is 2.03 bits per heavy atom. The van der Waals surface area contributed by atoms with Crippen LogP contribution in [-0.4, -0.2) is 11.8 Å². The first-order valence-electron chi connectivity index (χ1n) is 9.08. The molecule has 0 aliphatic carbocycles. The SMILES string of the molecule is Cc1cc(N)ccc1NC(=O)c1ccccc1F.NC(=O)c1ccc(N)cc1C(F)(F)F. The number of hydrogen-bond acceptors (Lipinski definition) is 4. The summed E-state index contributed by atoms with van der Waals surface area (Å²) in [6.45, 7) is 1.83. The lowest BCUT2D eigenvalue weighted by molar-refractivity contribution is -0.137. The molecule has 0 aliphatic rings. The first-order valence-corrected chi connectivity index (χ1v) is 9.08. The van der Waals surface area contributed by atoms with E-state index in [1.807, 2.05) is 6.92 Å². The molecule has 32 heavy (non-hydrogen) atoms. The number of carbonyl (C=O) groups excluding carboxylic acids is 2. The highest BCUT2D eigenvalue weighted by Crippen LogP contribution is 2.33. The summed E-state index contributed by atoms with van der Waals surface area (Å²) in [4.78, 5) is 22.6. The molecule has 0 unspecified atom stereocenters. The minimum absolute atomic E-state index is 0.0220. The lowest BCUT2D eigenvalue weighted by Gasteiger charge is -2.10. The van der Waals surface area contributed by atoms with Gasteiger partial charge in [-0.05, 0) is 61.0 Å². The van der Waals surface area contributed by atoms with Gasteiger partial charge in [0, 0.05) is 17.1 Å². The van der Waals surface area contributed by atoms with Gasteiger partial charge in [-0.1, -0.05) is 12.1 Å². The van der Waals surface area contributed by atoms with E-state index in [-0.39, 0.29) is 11.3 Å². The van der Waals surface area contributed by atoms with Crippen molar-refractivity contribution in [2.24, 2.45) is 5.73 Å². The van der Waals surface area contributed by atoms with Crippen molar-refractivity contribution in [3.63, 3.8) is 0 Å². The lowest BCUT2D eigenvalue weighted by Crippen LogP contribution is -2.18. The van der Waals surface area contributed by atoms with Gasteiger partial charge in [0.25, 0.3) is 5.91 Å². The van der Waals surface area contributed by atoms with Crippen LogP contribution in [0.5, 0.6) is 0 Å². The zero-order valence-electron chi connectivity index (χ0n) is 16.8. The molecule has 3 rings (SSSR count). The first kappa shape index (κ1) is 24.2. The van der Waals surface area contributed by atoms with E-state index in [1.165, 1.54) is 18.2 Å². The molecule has 0 fully saturated rings. The van der Waals surface area contributed by atoms with Crippen molar-refractivity contribution in [2.75, 3.05) is 16.8 Å². The Balaban J connectivity index is 0.000000235. The van der Waals surface area contributed by atoms with Crippen LogP contribution >= 0.6 is 0 Å². The van der Waals surface area contributed by atoms with Gasteiger partial charge >= 0.3 is 6.18 Å². The summed E-state index contributed by atoms with van der Waals surface area (Å²) in [5.74, 6) is -2.14. The van der Waals surface area contributed by atoms with E-state index in [1.54, 1.807) is 30.3 Å². The number of benzene rings is 3. The molecule has 0 bridgehead atoms. The van der Waals surface area contributed by atoms with Gasteiger partial charge in [-0.3, -0.25) is 9.59 Å². The van der Waals surface area contributed by atoms with Crippen LogP contribution in [0.4, 0.5) is 34.6 Å². The van der Waals surface area contributed by atoms with Crippen LogP contribution < -0.4 is 22.5 Å². The van der Waals surface area contributed by atoms with E-state index in [2.05, 4.69) is 5.32 Å². The smallest absolute Gasteiger partial charge is 0.399 e. The van der Waals surface area contributed by atoms with Gasteiger partial charge < -0.3 is 22.5 Å². The fourth-order valence-electron chi connectivity index (χ4n) is 2.67. The zero-order valence-corrected chi connectivity index (χ0v) is 16.8. The van der Waals surface area contributed by atoms with Crippen molar-refractivity contribution in [3.8, 4) is 0 Å². The molecule has 7 N–H and O–H groups in total. The summed E-state index contributed by atoms with van der Waals surface area (Å²) in [6.07, 6.45) is -4.63. The summed E-state index contributed by atoms with van der Waals surface area (Å²) >= 11 is 0. The number of primary amides is 1. The normalized spacial score (nSPS) is 10.7. The number of nitrogens with two attached hydrogens (primary N) is 3. The molecular weight excluding hydrogens is 428 g/mol. The van der Waals surface area contributed by atoms with Crippen LogP contribution in [0.25, 0.3) is 0 Å². The fourth-order valence-corrected chi connectivity index (χ4v) is 2.67. The second-order valence-corrected chi connectivity index (χ2v) is 6.68. The molecule has 0 heterocycles. The quantitative estimate of drug-likeness (QED) is 0.351. The Labute approximate surface area is 181 Å². The van der Waals surface area contributed by atoms with Crippen molar-refractivity contribution in [1.29, 1.82) is 0 Å². The average molecular weight is 448 g/mol. The summed E-state index contributed by atoms with van der Waals surface area (Å²) in [6, 6.07) is 13.8. The topological polar surface area (TPSA) is 124 Å². The van der Waals surface area contributed by atoms with Crippen LogP contribution in [-0.2, 0) is 6.18 Å². The van der Waals surface area contributed by atoms with Crippen LogP contribution in [0.3, 0.4) is 0 Å². The largest absolute Gasteiger partial charge is 0.417 e. The van der Waals surface area contributed by atoms with Crippen molar-refractivity contribution < 1.29 is 27.2 Å². The minimum Gasteiger partial charge on any atom is -0.399 e. The molecule has 168 valence electrons. The van der Waals surface area contributed by atoms with E-state index in [0.717, 1.165) is 11.6 Å². The van der Waals surface area contributed by atoms with Gasteiger partial charge in [-0.2, -0.15) is 13.2 Å². The highest BCUT2D eigenvalue weighted by Gasteiger charge is 2.34. The highest BCUT2D eigenvalue weighted by molar-refractivity contribution is 6.04. The maximum atomic E-state index is 13.4. The number of anilines is 3. The van der Waals surface area contributed by atoms with Crippen LogP contribution in [0.1, 0.15) is 31.8 Å². The second-order valence-electron chi connectivity index (χ2n) is 6.68. The number of carbonyl (C=O) groups is 2. The maximum absolute atomic E-state index is 13.4. The third-order valence-electron chi connectivity index (χ3n) is 4.23. The number of amides is 2. The number of rotatable bonds is 3. The molecule has 0 aliphatic heterocycles. The molecule has 0 atom stereocenters. The summed E-state index contributed by atoms with van der Waals surface area (Å²) < 4.78 is 50.4. The molecule has 0 saturated carbocycles. The Hall–Kier alpha value is -4.08. The number of nitrogens with one attached hydrogen (secondary N) is 1. The second kappa shape index (κ2) is 9.82. The van der Waals surface area contributed by atoms with E-state index < -0.39 is 34.9 Å². The van der Waals surface area contributed by atoms with Gasteiger partial charge in [0.05, 0.1) is 16.7 Å². The van der Waals surface area contributed by atoms with Crippen LogP contribution in [0, 0.1) is 12.7 Å². The molecule has 6 nitrogen and oxygen atoms in total. The predicted octanol–water partition coefficient (Wildman–Crippen LogP) is 4.36. The molecule has 0 radical (unpaired) electrons. The molecule has 10 heteroatoms. The zero-order chi connectivity index (χ0) is 24.1. The fraction of sp³-hybridized carbons (Fsp3) is 0.0909. The maximum Gasteiger partial charge on any atom is 0.417 e. The Morgan fingerprint density at radius 1 is 0.875 bits per heavy atom. The van der Waals surface area contributed by atoms with Crippen molar-refractivity contribution >= 4 is 28.9 Å². The van der Waals surface area contributed by atoms with Crippen molar-refractivity contribution in [1.82, 2.24) is 0 Å². The molecular formula is C22H20F4N4O2. The number of halogens is 4.